The summed E-state index contributed by atoms with van der Waals surface area (Å²) in [6.45, 7) is 6.23. The summed E-state index contributed by atoms with van der Waals surface area (Å²) in [6.07, 6.45) is 1.12. The van der Waals surface area contributed by atoms with Crippen LogP contribution in [0.15, 0.2) is 41.5 Å². The van der Waals surface area contributed by atoms with E-state index in [2.05, 4.69) is 31.3 Å². The highest BCUT2D eigenvalue weighted by molar-refractivity contribution is 5.95. The number of nitrogens with one attached hydrogen (secondary N) is 1. The first kappa shape index (κ1) is 19.9. The molecule has 0 aliphatic heterocycles. The zero-order valence-corrected chi connectivity index (χ0v) is 15.5. The molecule has 0 unspecified atom stereocenters. The Morgan fingerprint density at radius 2 is 1.89 bits per heavy atom. The molecule has 0 radical (unpaired) electrons. The number of hydrazone groups is 1. The number of nitro benzene ring substituents is 1. The molecule has 142 valence electrons. The number of benzene rings is 2. The minimum absolute atomic E-state index is 0.0221. The largest absolute Gasteiger partial charge is 0.502 e. The molecule has 0 aromatic heterocycles. The first-order chi connectivity index (χ1) is 12.6. The third-order valence-electron chi connectivity index (χ3n) is 3.91. The van der Waals surface area contributed by atoms with E-state index < -0.39 is 22.3 Å². The van der Waals surface area contributed by atoms with E-state index in [1.165, 1.54) is 13.2 Å². The van der Waals surface area contributed by atoms with Gasteiger partial charge in [0.2, 0.25) is 5.75 Å². The Morgan fingerprint density at radius 3 is 2.41 bits per heavy atom. The van der Waals surface area contributed by atoms with Crippen LogP contribution in [0, 0.1) is 10.1 Å². The molecule has 0 fully saturated rings. The Balaban J connectivity index is 2.16. The third-order valence-corrected chi connectivity index (χ3v) is 3.91. The number of phenols is 1. The van der Waals surface area contributed by atoms with Crippen LogP contribution in [0.3, 0.4) is 0 Å². The van der Waals surface area contributed by atoms with Crippen molar-refractivity contribution in [3.8, 4) is 11.5 Å². The maximum Gasteiger partial charge on any atom is 0.315 e. The summed E-state index contributed by atoms with van der Waals surface area (Å²) in [5, 5.41) is 24.7. The Bertz CT molecular complexity index is 883. The van der Waals surface area contributed by atoms with Crippen LogP contribution in [0.25, 0.3) is 0 Å². The lowest BCUT2D eigenvalue weighted by atomic mass is 9.87. The molecule has 0 bridgehead atoms. The molecular formula is C19H21N3O5. The van der Waals surface area contributed by atoms with Crippen molar-refractivity contribution < 1.29 is 19.6 Å². The quantitative estimate of drug-likeness (QED) is 0.475. The molecular weight excluding hydrogens is 350 g/mol. The van der Waals surface area contributed by atoms with Crippen LogP contribution >= 0.6 is 0 Å². The van der Waals surface area contributed by atoms with Gasteiger partial charge in [-0.3, -0.25) is 14.9 Å². The van der Waals surface area contributed by atoms with Crippen LogP contribution in [0.2, 0.25) is 0 Å². The summed E-state index contributed by atoms with van der Waals surface area (Å²) in [4.78, 5) is 22.4. The number of amides is 1. The Kier molecular flexibility index (Phi) is 5.79. The van der Waals surface area contributed by atoms with Gasteiger partial charge in [0.05, 0.1) is 24.3 Å². The summed E-state index contributed by atoms with van der Waals surface area (Å²) in [5.41, 5.74) is 3.35. The van der Waals surface area contributed by atoms with E-state index in [1.807, 2.05) is 12.1 Å². The molecule has 27 heavy (non-hydrogen) atoms. The highest BCUT2D eigenvalue weighted by Crippen LogP contribution is 2.33. The summed E-state index contributed by atoms with van der Waals surface area (Å²) in [7, 11) is 1.35. The molecule has 0 aliphatic carbocycles. The topological polar surface area (TPSA) is 114 Å². The average molecular weight is 371 g/mol. The molecule has 8 heteroatoms. The van der Waals surface area contributed by atoms with Crippen LogP contribution in [0.4, 0.5) is 5.69 Å². The number of ether oxygens (including phenoxy) is 1. The highest BCUT2D eigenvalue weighted by atomic mass is 16.6. The minimum Gasteiger partial charge on any atom is -0.502 e. The van der Waals surface area contributed by atoms with E-state index >= 15 is 0 Å². The number of nitrogens with zero attached hydrogens (tertiary/aromatic N) is 2. The fraction of sp³-hybridized carbons (Fsp3) is 0.263. The molecule has 2 N–H and O–H groups in total. The van der Waals surface area contributed by atoms with E-state index in [0.717, 1.165) is 17.8 Å². The van der Waals surface area contributed by atoms with Crippen molar-refractivity contribution in [2.45, 2.75) is 26.2 Å². The molecule has 8 nitrogen and oxygen atoms in total. The number of hydrogen-bond donors (Lipinski definition) is 2. The number of carbonyl (C=O) groups excluding carboxylic acids is 1. The second-order valence-electron chi connectivity index (χ2n) is 6.87. The van der Waals surface area contributed by atoms with Crippen LogP contribution in [0.1, 0.15) is 42.3 Å². The number of phenolic OH excluding ortho intramolecular Hbond substituents is 1. The van der Waals surface area contributed by atoms with E-state index in [1.54, 1.807) is 12.1 Å². The number of rotatable bonds is 5. The maximum atomic E-state index is 12.2. The highest BCUT2D eigenvalue weighted by Gasteiger charge is 2.19. The number of methoxy groups -OCH3 is 1. The van der Waals surface area contributed by atoms with E-state index in [9.17, 15) is 20.0 Å². The van der Waals surface area contributed by atoms with Gasteiger partial charge in [0, 0.05) is 11.1 Å². The Morgan fingerprint density at radius 1 is 1.26 bits per heavy atom. The van der Waals surface area contributed by atoms with Crippen molar-refractivity contribution in [1.29, 1.82) is 0 Å². The monoisotopic (exact) mass is 371 g/mol. The van der Waals surface area contributed by atoms with E-state index in [-0.39, 0.29) is 16.7 Å². The van der Waals surface area contributed by atoms with Gasteiger partial charge < -0.3 is 9.84 Å². The molecule has 2 rings (SSSR count). The summed E-state index contributed by atoms with van der Waals surface area (Å²) in [6, 6.07) is 9.60. The molecule has 0 spiro atoms. The fourth-order valence-corrected chi connectivity index (χ4v) is 2.32. The number of hydrogen-bond acceptors (Lipinski definition) is 6. The SMILES string of the molecule is COc1cc(/C=N\NC(=O)c2ccc(C(C)(C)C)cc2)c(O)c([N+](=O)[O-])c1. The van der Waals surface area contributed by atoms with Gasteiger partial charge in [0.25, 0.3) is 5.91 Å². The Labute approximate surface area is 156 Å². The molecule has 2 aromatic rings. The summed E-state index contributed by atoms with van der Waals surface area (Å²) in [5.74, 6) is -0.818. The van der Waals surface area contributed by atoms with Gasteiger partial charge in [0.1, 0.15) is 5.75 Å². The second-order valence-corrected chi connectivity index (χ2v) is 6.87. The maximum absolute atomic E-state index is 12.2. The van der Waals surface area contributed by atoms with Crippen molar-refractivity contribution in [2.75, 3.05) is 7.11 Å². The van der Waals surface area contributed by atoms with Gasteiger partial charge in [-0.05, 0) is 29.2 Å². The van der Waals surface area contributed by atoms with Crippen LogP contribution in [-0.2, 0) is 5.41 Å². The molecule has 0 aliphatic rings. The smallest absolute Gasteiger partial charge is 0.315 e. The van der Waals surface area contributed by atoms with Crippen molar-refractivity contribution in [3.05, 3.63) is 63.2 Å². The van der Waals surface area contributed by atoms with Crippen LogP contribution in [0.5, 0.6) is 11.5 Å². The van der Waals surface area contributed by atoms with Gasteiger partial charge in [-0.15, -0.1) is 0 Å². The Hall–Kier alpha value is -3.42. The minimum atomic E-state index is -0.732. The number of carbonyl (C=O) groups is 1. The van der Waals surface area contributed by atoms with Crippen molar-refractivity contribution >= 4 is 17.8 Å². The summed E-state index contributed by atoms with van der Waals surface area (Å²) < 4.78 is 4.97. The molecule has 0 heterocycles. The van der Waals surface area contributed by atoms with Crippen LogP contribution in [-0.4, -0.2) is 29.3 Å². The van der Waals surface area contributed by atoms with Gasteiger partial charge in [-0.25, -0.2) is 5.43 Å². The first-order valence-electron chi connectivity index (χ1n) is 8.13. The number of aromatic hydroxyl groups is 1. The third kappa shape index (κ3) is 4.81. The van der Waals surface area contributed by atoms with Crippen molar-refractivity contribution in [1.82, 2.24) is 5.43 Å². The van der Waals surface area contributed by atoms with Gasteiger partial charge >= 0.3 is 5.69 Å². The van der Waals surface area contributed by atoms with Gasteiger partial charge in [0.15, 0.2) is 0 Å². The first-order valence-corrected chi connectivity index (χ1v) is 8.13. The molecule has 2 aromatic carbocycles. The normalized spacial score (nSPS) is 11.4. The molecule has 0 atom stereocenters. The molecule has 1 amide bonds. The predicted molar refractivity (Wildman–Crippen MR) is 102 cm³/mol. The lowest BCUT2D eigenvalue weighted by molar-refractivity contribution is -0.385. The zero-order valence-electron chi connectivity index (χ0n) is 15.5. The fourth-order valence-electron chi connectivity index (χ4n) is 2.32. The lowest BCUT2D eigenvalue weighted by Crippen LogP contribution is -2.18. The van der Waals surface area contributed by atoms with E-state index in [0.29, 0.717) is 5.56 Å². The van der Waals surface area contributed by atoms with Crippen molar-refractivity contribution in [2.24, 2.45) is 5.10 Å². The van der Waals surface area contributed by atoms with Crippen LogP contribution < -0.4 is 10.2 Å². The van der Waals surface area contributed by atoms with Gasteiger partial charge in [-0.1, -0.05) is 32.9 Å². The lowest BCUT2D eigenvalue weighted by Gasteiger charge is -2.18. The molecule has 0 saturated heterocycles. The predicted octanol–water partition coefficient (Wildman–Crippen LogP) is 3.37. The zero-order chi connectivity index (χ0) is 20.2. The van der Waals surface area contributed by atoms with E-state index in [4.69, 9.17) is 4.74 Å². The standard InChI is InChI=1S/C19H21N3O5/c1-19(2,3)14-7-5-12(6-8-14)18(24)21-20-11-13-9-15(27-4)10-16(17(13)23)22(25)26/h5-11,23H,1-4H3,(H,21,24)/b20-11-. The number of nitro groups is 1. The summed E-state index contributed by atoms with van der Waals surface area (Å²) >= 11 is 0. The second kappa shape index (κ2) is 7.86. The van der Waals surface area contributed by atoms with Crippen molar-refractivity contribution in [3.63, 3.8) is 0 Å². The molecule has 0 saturated carbocycles. The average Bonchev–Trinajstić information content (AvgIpc) is 2.62. The van der Waals surface area contributed by atoms with Gasteiger partial charge in [-0.2, -0.15) is 5.10 Å².